The third-order valence-electron chi connectivity index (χ3n) is 4.00. The molecule has 0 aliphatic carbocycles. The molecule has 0 saturated carbocycles. The molecule has 1 aromatic heterocycles. The van der Waals surface area contributed by atoms with Gasteiger partial charge in [0.05, 0.1) is 23.7 Å². The zero-order valence-corrected chi connectivity index (χ0v) is 12.0. The van der Waals surface area contributed by atoms with Gasteiger partial charge in [-0.1, -0.05) is 18.2 Å². The molecule has 2 heterocycles. The monoisotopic (exact) mass is 268 g/mol. The van der Waals surface area contributed by atoms with Gasteiger partial charge in [0, 0.05) is 11.7 Å². The SMILES string of the molecule is CC1CCc2ccccc2N1c1ccc([C@H](C)O)nc1. The highest BCUT2D eigenvalue weighted by atomic mass is 16.3. The summed E-state index contributed by atoms with van der Waals surface area (Å²) < 4.78 is 0. The van der Waals surface area contributed by atoms with Crippen molar-refractivity contribution in [3.8, 4) is 0 Å². The standard InChI is InChI=1S/C17H20N2O/c1-12-7-8-14-5-3-4-6-17(14)19(12)15-9-10-16(13(2)20)18-11-15/h3-6,9-13,20H,7-8H2,1-2H3/t12?,13-/m0/s1. The number of anilines is 2. The van der Waals surface area contributed by atoms with Crippen LogP contribution in [-0.2, 0) is 6.42 Å². The van der Waals surface area contributed by atoms with Gasteiger partial charge in [0.25, 0.3) is 0 Å². The number of aryl methyl sites for hydroxylation is 1. The predicted molar refractivity (Wildman–Crippen MR) is 81.2 cm³/mol. The Morgan fingerprint density at radius 1 is 1.25 bits per heavy atom. The van der Waals surface area contributed by atoms with Crippen LogP contribution in [0.25, 0.3) is 0 Å². The summed E-state index contributed by atoms with van der Waals surface area (Å²) in [6.45, 7) is 3.99. The average molecular weight is 268 g/mol. The van der Waals surface area contributed by atoms with Gasteiger partial charge in [-0.15, -0.1) is 0 Å². The minimum atomic E-state index is -0.518. The van der Waals surface area contributed by atoms with E-state index in [0.29, 0.717) is 11.7 Å². The Bertz CT molecular complexity index is 592. The molecule has 1 aromatic carbocycles. The molecule has 2 aromatic rings. The van der Waals surface area contributed by atoms with Crippen LogP contribution in [0.2, 0.25) is 0 Å². The van der Waals surface area contributed by atoms with Crippen LogP contribution in [0.15, 0.2) is 42.6 Å². The fraction of sp³-hybridized carbons (Fsp3) is 0.353. The number of hydrogen-bond acceptors (Lipinski definition) is 3. The van der Waals surface area contributed by atoms with Gasteiger partial charge in [0.15, 0.2) is 0 Å². The summed E-state index contributed by atoms with van der Waals surface area (Å²) in [5.74, 6) is 0. The van der Waals surface area contributed by atoms with Gasteiger partial charge in [-0.05, 0) is 50.5 Å². The molecule has 104 valence electrons. The second-order valence-corrected chi connectivity index (χ2v) is 5.50. The van der Waals surface area contributed by atoms with Gasteiger partial charge in [0.1, 0.15) is 0 Å². The molecule has 3 heteroatoms. The number of nitrogens with zero attached hydrogens (tertiary/aromatic N) is 2. The minimum Gasteiger partial charge on any atom is -0.387 e. The van der Waals surface area contributed by atoms with E-state index in [1.807, 2.05) is 18.3 Å². The summed E-state index contributed by atoms with van der Waals surface area (Å²) in [4.78, 5) is 6.71. The van der Waals surface area contributed by atoms with Crippen LogP contribution in [0, 0.1) is 0 Å². The maximum Gasteiger partial charge on any atom is 0.0931 e. The maximum absolute atomic E-state index is 9.56. The number of para-hydroxylation sites is 1. The van der Waals surface area contributed by atoms with Crippen molar-refractivity contribution in [1.29, 1.82) is 0 Å². The molecule has 1 aliphatic heterocycles. The molecule has 0 saturated heterocycles. The second kappa shape index (κ2) is 5.25. The van der Waals surface area contributed by atoms with Crippen LogP contribution < -0.4 is 4.90 Å². The number of aromatic nitrogens is 1. The quantitative estimate of drug-likeness (QED) is 0.904. The number of pyridine rings is 1. The number of fused-ring (bicyclic) bond motifs is 1. The van der Waals surface area contributed by atoms with E-state index in [2.05, 4.69) is 41.1 Å². The van der Waals surface area contributed by atoms with E-state index in [-0.39, 0.29) is 0 Å². The average Bonchev–Trinajstić information content (AvgIpc) is 2.47. The normalized spacial score (nSPS) is 19.6. The molecule has 0 fully saturated rings. The summed E-state index contributed by atoms with van der Waals surface area (Å²) in [6.07, 6.45) is 3.62. The zero-order chi connectivity index (χ0) is 14.1. The summed E-state index contributed by atoms with van der Waals surface area (Å²) in [5, 5.41) is 9.56. The van der Waals surface area contributed by atoms with Gasteiger partial charge in [-0.25, -0.2) is 0 Å². The molecule has 3 nitrogen and oxygen atoms in total. The largest absolute Gasteiger partial charge is 0.387 e. The second-order valence-electron chi connectivity index (χ2n) is 5.50. The third kappa shape index (κ3) is 2.29. The molecule has 20 heavy (non-hydrogen) atoms. The molecule has 0 spiro atoms. The smallest absolute Gasteiger partial charge is 0.0931 e. The van der Waals surface area contributed by atoms with E-state index < -0.39 is 6.10 Å². The Balaban J connectivity index is 2.00. The summed E-state index contributed by atoms with van der Waals surface area (Å²) >= 11 is 0. The van der Waals surface area contributed by atoms with Crippen molar-refractivity contribution in [3.05, 3.63) is 53.9 Å². The molecule has 1 unspecified atom stereocenters. The Kier molecular flexibility index (Phi) is 3.45. The lowest BCUT2D eigenvalue weighted by Crippen LogP contribution is -2.33. The molecule has 1 N–H and O–H groups in total. The van der Waals surface area contributed by atoms with Crippen LogP contribution in [0.3, 0.4) is 0 Å². The fourth-order valence-electron chi connectivity index (χ4n) is 2.87. The third-order valence-corrected chi connectivity index (χ3v) is 4.00. The van der Waals surface area contributed by atoms with Crippen molar-refractivity contribution < 1.29 is 5.11 Å². The van der Waals surface area contributed by atoms with Crippen LogP contribution >= 0.6 is 0 Å². The van der Waals surface area contributed by atoms with Gasteiger partial charge in [0.2, 0.25) is 0 Å². The van der Waals surface area contributed by atoms with E-state index in [1.54, 1.807) is 6.92 Å². The molecule has 0 radical (unpaired) electrons. The first-order valence-corrected chi connectivity index (χ1v) is 7.18. The highest BCUT2D eigenvalue weighted by Crippen LogP contribution is 2.36. The van der Waals surface area contributed by atoms with Gasteiger partial charge in [-0.2, -0.15) is 0 Å². The molecular formula is C17H20N2O. The van der Waals surface area contributed by atoms with Crippen molar-refractivity contribution in [2.75, 3.05) is 4.90 Å². The number of benzene rings is 1. The lowest BCUT2D eigenvalue weighted by molar-refractivity contribution is 0.194. The molecule has 3 rings (SSSR count). The first-order valence-electron chi connectivity index (χ1n) is 7.18. The van der Waals surface area contributed by atoms with E-state index in [0.717, 1.165) is 18.5 Å². The van der Waals surface area contributed by atoms with Crippen LogP contribution in [-0.4, -0.2) is 16.1 Å². The highest BCUT2D eigenvalue weighted by Gasteiger charge is 2.24. The van der Waals surface area contributed by atoms with Gasteiger partial charge < -0.3 is 10.0 Å². The molecular weight excluding hydrogens is 248 g/mol. The van der Waals surface area contributed by atoms with Crippen molar-refractivity contribution >= 4 is 11.4 Å². The molecule has 2 atom stereocenters. The maximum atomic E-state index is 9.56. The lowest BCUT2D eigenvalue weighted by Gasteiger charge is -2.37. The Morgan fingerprint density at radius 2 is 2.05 bits per heavy atom. The topological polar surface area (TPSA) is 36.4 Å². The molecule has 1 aliphatic rings. The lowest BCUT2D eigenvalue weighted by atomic mass is 9.96. The fourth-order valence-corrected chi connectivity index (χ4v) is 2.87. The van der Waals surface area contributed by atoms with Gasteiger partial charge >= 0.3 is 0 Å². The van der Waals surface area contributed by atoms with E-state index >= 15 is 0 Å². The van der Waals surface area contributed by atoms with Crippen molar-refractivity contribution in [2.45, 2.75) is 38.8 Å². The first kappa shape index (κ1) is 13.1. The summed E-state index contributed by atoms with van der Waals surface area (Å²) in [6, 6.07) is 13.0. The van der Waals surface area contributed by atoms with Crippen LogP contribution in [0.5, 0.6) is 0 Å². The number of aliphatic hydroxyl groups is 1. The van der Waals surface area contributed by atoms with E-state index in [1.165, 1.54) is 11.3 Å². The summed E-state index contributed by atoms with van der Waals surface area (Å²) in [5.41, 5.74) is 4.48. The Labute approximate surface area is 119 Å². The molecule has 0 bridgehead atoms. The summed E-state index contributed by atoms with van der Waals surface area (Å²) in [7, 11) is 0. The van der Waals surface area contributed by atoms with E-state index in [9.17, 15) is 5.11 Å². The predicted octanol–water partition coefficient (Wildman–Crippen LogP) is 3.61. The van der Waals surface area contributed by atoms with Crippen molar-refractivity contribution in [2.24, 2.45) is 0 Å². The number of rotatable bonds is 2. The Hall–Kier alpha value is -1.87. The van der Waals surface area contributed by atoms with Gasteiger partial charge in [-0.3, -0.25) is 4.98 Å². The van der Waals surface area contributed by atoms with Crippen molar-refractivity contribution in [3.63, 3.8) is 0 Å². The zero-order valence-electron chi connectivity index (χ0n) is 12.0. The highest BCUT2D eigenvalue weighted by molar-refractivity contribution is 5.68. The van der Waals surface area contributed by atoms with E-state index in [4.69, 9.17) is 0 Å². The van der Waals surface area contributed by atoms with Crippen LogP contribution in [0.1, 0.15) is 37.6 Å². The Morgan fingerprint density at radius 3 is 2.75 bits per heavy atom. The first-order chi connectivity index (χ1) is 9.66. The number of aliphatic hydroxyl groups excluding tert-OH is 1. The van der Waals surface area contributed by atoms with Crippen molar-refractivity contribution in [1.82, 2.24) is 4.98 Å². The molecule has 0 amide bonds. The number of hydrogen-bond donors (Lipinski definition) is 1. The van der Waals surface area contributed by atoms with Crippen LogP contribution in [0.4, 0.5) is 11.4 Å². The minimum absolute atomic E-state index is 0.462.